The Hall–Kier alpha value is 0.360. The summed E-state index contributed by atoms with van der Waals surface area (Å²) in [5.41, 5.74) is 0.0462. The van der Waals surface area contributed by atoms with Gasteiger partial charge in [-0.1, -0.05) is 92.8 Å². The van der Waals surface area contributed by atoms with Crippen LogP contribution in [0, 0.1) is 0 Å². The van der Waals surface area contributed by atoms with E-state index in [4.69, 9.17) is 92.8 Å². The Morgan fingerprint density at radius 3 is 0.727 bits per heavy atom. The standard InChI is InChI=1S/C12H2Cl8O2/c13-3-1(4(14)8(18)11(21)7(3)17)2-5(15)9(19)12(22)10(20)6(2)16/h21-22H. The van der Waals surface area contributed by atoms with Gasteiger partial charge in [0.25, 0.3) is 0 Å². The summed E-state index contributed by atoms with van der Waals surface area (Å²) in [6.45, 7) is 0. The van der Waals surface area contributed by atoms with Crippen LogP contribution in [0.3, 0.4) is 0 Å². The van der Waals surface area contributed by atoms with Gasteiger partial charge in [0.05, 0.1) is 20.1 Å². The lowest BCUT2D eigenvalue weighted by atomic mass is 10.0. The van der Waals surface area contributed by atoms with Gasteiger partial charge in [-0.3, -0.25) is 0 Å². The average molecular weight is 462 g/mol. The Morgan fingerprint density at radius 1 is 0.364 bits per heavy atom. The molecule has 0 aliphatic rings. The monoisotopic (exact) mass is 458 g/mol. The highest BCUT2D eigenvalue weighted by Crippen LogP contribution is 2.56. The van der Waals surface area contributed by atoms with Gasteiger partial charge in [0.1, 0.15) is 20.1 Å². The zero-order chi connectivity index (χ0) is 16.9. The smallest absolute Gasteiger partial charge is 0.155 e. The van der Waals surface area contributed by atoms with E-state index in [2.05, 4.69) is 0 Å². The summed E-state index contributed by atoms with van der Waals surface area (Å²) < 4.78 is 0. The van der Waals surface area contributed by atoms with Crippen molar-refractivity contribution in [1.29, 1.82) is 0 Å². The first-order chi connectivity index (χ1) is 10.1. The molecule has 10 heteroatoms. The fourth-order valence-electron chi connectivity index (χ4n) is 1.68. The van der Waals surface area contributed by atoms with E-state index in [0.717, 1.165) is 0 Å². The molecule has 2 aromatic carbocycles. The van der Waals surface area contributed by atoms with Gasteiger partial charge in [0.15, 0.2) is 11.5 Å². The van der Waals surface area contributed by atoms with Crippen LogP contribution < -0.4 is 0 Å². The molecule has 0 fully saturated rings. The normalized spacial score (nSPS) is 11.1. The maximum atomic E-state index is 9.74. The van der Waals surface area contributed by atoms with E-state index in [-0.39, 0.29) is 51.3 Å². The first kappa shape index (κ1) is 18.7. The van der Waals surface area contributed by atoms with Crippen LogP contribution in [0.5, 0.6) is 11.5 Å². The second-order valence-electron chi connectivity index (χ2n) is 3.96. The van der Waals surface area contributed by atoms with Crippen LogP contribution in [0.1, 0.15) is 0 Å². The molecular weight excluding hydrogens is 460 g/mol. The summed E-state index contributed by atoms with van der Waals surface area (Å²) >= 11 is 48.0. The van der Waals surface area contributed by atoms with Crippen LogP contribution in [-0.2, 0) is 0 Å². The molecular formula is C12H2Cl8O2. The van der Waals surface area contributed by atoms with E-state index in [1.807, 2.05) is 0 Å². The van der Waals surface area contributed by atoms with Crippen LogP contribution in [-0.4, -0.2) is 10.2 Å². The maximum Gasteiger partial charge on any atom is 0.155 e. The van der Waals surface area contributed by atoms with Gasteiger partial charge in [-0.15, -0.1) is 0 Å². The highest BCUT2D eigenvalue weighted by molar-refractivity contribution is 6.55. The lowest BCUT2D eigenvalue weighted by Crippen LogP contribution is -1.91. The summed E-state index contributed by atoms with van der Waals surface area (Å²) in [5, 5.41) is 17.8. The quantitative estimate of drug-likeness (QED) is 0.422. The van der Waals surface area contributed by atoms with E-state index < -0.39 is 11.5 Å². The molecule has 2 nitrogen and oxygen atoms in total. The van der Waals surface area contributed by atoms with Crippen molar-refractivity contribution in [2.24, 2.45) is 0 Å². The third-order valence-electron chi connectivity index (χ3n) is 2.73. The molecule has 0 spiro atoms. The molecule has 0 saturated heterocycles. The van der Waals surface area contributed by atoms with Crippen LogP contribution >= 0.6 is 92.8 Å². The van der Waals surface area contributed by atoms with Crippen molar-refractivity contribution in [3.05, 3.63) is 40.2 Å². The summed E-state index contributed by atoms with van der Waals surface area (Å²) in [4.78, 5) is 0. The van der Waals surface area contributed by atoms with E-state index in [1.54, 1.807) is 0 Å². The molecule has 0 radical (unpaired) electrons. The predicted octanol–water partition coefficient (Wildman–Crippen LogP) is 7.99. The van der Waals surface area contributed by atoms with Crippen molar-refractivity contribution in [1.82, 2.24) is 0 Å². The first-order valence-corrected chi connectivity index (χ1v) is 8.23. The van der Waals surface area contributed by atoms with Crippen molar-refractivity contribution >= 4 is 92.8 Å². The Balaban J connectivity index is 3.03. The lowest BCUT2D eigenvalue weighted by Gasteiger charge is -2.17. The predicted molar refractivity (Wildman–Crippen MR) is 95.3 cm³/mol. The lowest BCUT2D eigenvalue weighted by molar-refractivity contribution is 0.475. The third kappa shape index (κ3) is 2.78. The van der Waals surface area contributed by atoms with Gasteiger partial charge < -0.3 is 10.2 Å². The highest BCUT2D eigenvalue weighted by atomic mass is 35.5. The molecule has 0 heterocycles. The number of hydrogen-bond donors (Lipinski definition) is 2. The molecule has 0 amide bonds. The molecule has 0 atom stereocenters. The number of benzene rings is 2. The van der Waals surface area contributed by atoms with Gasteiger partial charge in [-0.2, -0.15) is 0 Å². The zero-order valence-corrected chi connectivity index (χ0v) is 16.0. The summed E-state index contributed by atoms with van der Waals surface area (Å²) in [7, 11) is 0. The van der Waals surface area contributed by atoms with E-state index >= 15 is 0 Å². The van der Waals surface area contributed by atoms with Crippen molar-refractivity contribution in [3.63, 3.8) is 0 Å². The highest BCUT2D eigenvalue weighted by Gasteiger charge is 2.28. The van der Waals surface area contributed by atoms with Crippen LogP contribution in [0.25, 0.3) is 11.1 Å². The summed E-state index contributed by atoms with van der Waals surface area (Å²) in [5.74, 6) is -0.990. The fourth-order valence-corrected chi connectivity index (χ4v) is 3.74. The number of phenolic OH excluding ortho intramolecular Hbond substituents is 2. The third-order valence-corrected chi connectivity index (χ3v) is 6.10. The molecule has 2 rings (SSSR count). The minimum atomic E-state index is -0.495. The molecule has 0 unspecified atom stereocenters. The molecule has 0 aliphatic carbocycles. The Morgan fingerprint density at radius 2 is 0.545 bits per heavy atom. The number of phenols is 2. The minimum Gasteiger partial charge on any atom is -0.505 e. The van der Waals surface area contributed by atoms with Gasteiger partial charge in [-0.05, 0) is 0 Å². The zero-order valence-electron chi connectivity index (χ0n) is 9.92. The second-order valence-corrected chi connectivity index (χ2v) is 6.98. The fraction of sp³-hybridized carbons (Fsp3) is 0. The molecule has 0 aliphatic heterocycles. The Labute approximate surface area is 165 Å². The van der Waals surface area contributed by atoms with Crippen LogP contribution in [0.2, 0.25) is 40.2 Å². The molecule has 2 N–H and O–H groups in total. The van der Waals surface area contributed by atoms with Crippen LogP contribution in [0.4, 0.5) is 0 Å². The Kier molecular flexibility index (Phi) is 5.69. The first-order valence-electron chi connectivity index (χ1n) is 5.21. The topological polar surface area (TPSA) is 40.5 Å². The molecule has 0 saturated carbocycles. The molecule has 0 aromatic heterocycles. The number of rotatable bonds is 1. The van der Waals surface area contributed by atoms with Gasteiger partial charge >= 0.3 is 0 Å². The Bertz CT molecular complexity index is 677. The number of hydrogen-bond acceptors (Lipinski definition) is 2. The van der Waals surface area contributed by atoms with Crippen LogP contribution in [0.15, 0.2) is 0 Å². The van der Waals surface area contributed by atoms with Crippen molar-refractivity contribution in [3.8, 4) is 22.6 Å². The van der Waals surface area contributed by atoms with E-state index in [9.17, 15) is 10.2 Å². The summed E-state index contributed by atoms with van der Waals surface area (Å²) in [6.07, 6.45) is 0. The van der Waals surface area contributed by atoms with Crippen molar-refractivity contribution in [2.75, 3.05) is 0 Å². The van der Waals surface area contributed by atoms with Gasteiger partial charge in [0.2, 0.25) is 0 Å². The molecule has 22 heavy (non-hydrogen) atoms. The SMILES string of the molecule is Oc1c(Cl)c(Cl)c(-c2c(Cl)c(Cl)c(O)c(Cl)c2Cl)c(Cl)c1Cl. The van der Waals surface area contributed by atoms with E-state index in [0.29, 0.717) is 0 Å². The summed E-state index contributed by atoms with van der Waals surface area (Å²) in [6, 6.07) is 0. The molecule has 118 valence electrons. The maximum absolute atomic E-state index is 9.74. The van der Waals surface area contributed by atoms with Gasteiger partial charge in [0, 0.05) is 11.1 Å². The molecule has 0 bridgehead atoms. The molecule has 2 aromatic rings. The largest absolute Gasteiger partial charge is 0.505 e. The van der Waals surface area contributed by atoms with Gasteiger partial charge in [-0.25, -0.2) is 0 Å². The minimum absolute atomic E-state index is 0.0231. The van der Waals surface area contributed by atoms with E-state index in [1.165, 1.54) is 0 Å². The second kappa shape index (κ2) is 6.70. The van der Waals surface area contributed by atoms with Crippen molar-refractivity contribution < 1.29 is 10.2 Å². The number of halogens is 8. The average Bonchev–Trinajstić information content (AvgIpc) is 2.50. The van der Waals surface area contributed by atoms with Crippen molar-refractivity contribution in [2.45, 2.75) is 0 Å². The number of aromatic hydroxyl groups is 2.